The summed E-state index contributed by atoms with van der Waals surface area (Å²) >= 11 is 3.36. The second kappa shape index (κ2) is 8.24. The average Bonchev–Trinajstić information content (AvgIpc) is 2.53. The van der Waals surface area contributed by atoms with E-state index in [1.165, 1.54) is 6.07 Å². The molecule has 0 saturated carbocycles. The molecular weight excluding hydrogens is 401 g/mol. The lowest BCUT2D eigenvalue weighted by molar-refractivity contribution is -0.153. The van der Waals surface area contributed by atoms with Crippen molar-refractivity contribution in [2.24, 2.45) is 0 Å². The summed E-state index contributed by atoms with van der Waals surface area (Å²) in [6, 6.07) is 11.6. The van der Waals surface area contributed by atoms with Crippen LogP contribution < -0.4 is 15.4 Å². The van der Waals surface area contributed by atoms with Crippen LogP contribution in [0.15, 0.2) is 46.9 Å². The highest BCUT2D eigenvalue weighted by Gasteiger charge is 2.28. The topological polar surface area (TPSA) is 50.4 Å². The molecule has 0 saturated heterocycles. The summed E-state index contributed by atoms with van der Waals surface area (Å²) in [6.45, 7) is 0.413. The lowest BCUT2D eigenvalue weighted by Gasteiger charge is -2.14. The third-order valence-corrected chi connectivity index (χ3v) is 3.77. The van der Waals surface area contributed by atoms with Gasteiger partial charge < -0.3 is 15.4 Å². The van der Waals surface area contributed by atoms with E-state index in [0.29, 0.717) is 11.4 Å². The maximum absolute atomic E-state index is 12.3. The Morgan fingerprint density at radius 3 is 2.56 bits per heavy atom. The third-order valence-electron chi connectivity index (χ3n) is 3.12. The normalized spacial score (nSPS) is 11.1. The number of nitrogens with one attached hydrogen (secondary N) is 2. The van der Waals surface area contributed by atoms with E-state index in [4.69, 9.17) is 4.74 Å². The molecule has 2 rings (SSSR count). The molecule has 0 heterocycles. The van der Waals surface area contributed by atoms with E-state index in [2.05, 4.69) is 26.6 Å². The van der Waals surface area contributed by atoms with Crippen molar-refractivity contribution in [3.05, 3.63) is 52.5 Å². The molecule has 2 aromatic carbocycles. The van der Waals surface area contributed by atoms with E-state index in [0.717, 1.165) is 10.0 Å². The van der Waals surface area contributed by atoms with Crippen LogP contribution in [0.4, 0.5) is 24.5 Å². The van der Waals surface area contributed by atoms with Crippen LogP contribution in [-0.4, -0.2) is 25.2 Å². The minimum atomic E-state index is -4.43. The Morgan fingerprint density at radius 1 is 1.16 bits per heavy atom. The zero-order chi connectivity index (χ0) is 18.4. The van der Waals surface area contributed by atoms with Crippen LogP contribution in [0.3, 0.4) is 0 Å². The molecular formula is C17H16BrF3N2O2. The monoisotopic (exact) mass is 416 g/mol. The molecule has 0 fully saturated rings. The van der Waals surface area contributed by atoms with Gasteiger partial charge in [0.1, 0.15) is 5.75 Å². The Bertz CT molecular complexity index is 751. The molecule has 4 nitrogen and oxygen atoms in total. The lowest BCUT2D eigenvalue weighted by Crippen LogP contribution is -2.23. The van der Waals surface area contributed by atoms with Gasteiger partial charge in [-0.15, -0.1) is 0 Å². The number of hydrogen-bond acceptors (Lipinski definition) is 3. The van der Waals surface area contributed by atoms with Crippen molar-refractivity contribution < 1.29 is 22.7 Å². The molecule has 25 heavy (non-hydrogen) atoms. The summed E-state index contributed by atoms with van der Waals surface area (Å²) in [5, 5.41) is 5.49. The number of hydrogen-bond donors (Lipinski definition) is 2. The number of anilines is 2. The number of para-hydroxylation sites is 2. The van der Waals surface area contributed by atoms with Crippen LogP contribution in [0.2, 0.25) is 0 Å². The molecule has 0 atom stereocenters. The average molecular weight is 417 g/mol. The van der Waals surface area contributed by atoms with Crippen LogP contribution in [0, 0.1) is 6.92 Å². The number of ether oxygens (including phenoxy) is 1. The maximum atomic E-state index is 12.3. The van der Waals surface area contributed by atoms with Gasteiger partial charge in [-0.25, -0.2) is 0 Å². The summed E-state index contributed by atoms with van der Waals surface area (Å²) in [7, 11) is 0. The molecule has 0 aliphatic rings. The van der Waals surface area contributed by atoms with Crippen molar-refractivity contribution in [2.75, 3.05) is 23.8 Å². The van der Waals surface area contributed by atoms with Crippen LogP contribution >= 0.6 is 15.9 Å². The molecule has 8 heteroatoms. The summed E-state index contributed by atoms with van der Waals surface area (Å²) in [4.78, 5) is 12.0. The Hall–Kier alpha value is -2.22. The molecule has 2 N–H and O–H groups in total. The number of aryl methyl sites for hydroxylation is 1. The molecule has 1 amide bonds. The standard InChI is InChI=1S/C17H16BrF3N2O2/c1-11-6-7-13(12(18)8-11)23-16(24)9-22-14-4-2-3-5-15(14)25-10-17(19,20)21/h2-8,22H,9-10H2,1H3,(H,23,24). The largest absolute Gasteiger partial charge is 0.482 e. The van der Waals surface area contributed by atoms with Crippen molar-refractivity contribution in [2.45, 2.75) is 13.1 Å². The minimum Gasteiger partial charge on any atom is -0.482 e. The highest BCUT2D eigenvalue weighted by atomic mass is 79.9. The van der Waals surface area contributed by atoms with Gasteiger partial charge >= 0.3 is 6.18 Å². The third kappa shape index (κ3) is 6.30. The number of halogens is 4. The molecule has 0 aliphatic heterocycles. The first-order valence-electron chi connectivity index (χ1n) is 7.33. The van der Waals surface area contributed by atoms with Gasteiger partial charge in [0, 0.05) is 4.47 Å². The number of alkyl halides is 3. The fourth-order valence-electron chi connectivity index (χ4n) is 1.99. The summed E-state index contributed by atoms with van der Waals surface area (Å²) in [6.07, 6.45) is -4.43. The van der Waals surface area contributed by atoms with Crippen molar-refractivity contribution in [3.8, 4) is 5.75 Å². The summed E-state index contributed by atoms with van der Waals surface area (Å²) in [5.74, 6) is -0.306. The van der Waals surface area contributed by atoms with E-state index < -0.39 is 12.8 Å². The van der Waals surface area contributed by atoms with E-state index in [9.17, 15) is 18.0 Å². The van der Waals surface area contributed by atoms with E-state index in [1.54, 1.807) is 24.3 Å². The quantitative estimate of drug-likeness (QED) is 0.714. The van der Waals surface area contributed by atoms with Gasteiger partial charge in [-0.3, -0.25) is 4.79 Å². The Balaban J connectivity index is 1.95. The number of benzene rings is 2. The fourth-order valence-corrected chi connectivity index (χ4v) is 2.58. The second-order valence-corrected chi connectivity index (χ2v) is 6.14. The van der Waals surface area contributed by atoms with Crippen LogP contribution in [0.5, 0.6) is 5.75 Å². The molecule has 0 aromatic heterocycles. The van der Waals surface area contributed by atoms with Gasteiger partial charge in [0.25, 0.3) is 0 Å². The second-order valence-electron chi connectivity index (χ2n) is 5.29. The van der Waals surface area contributed by atoms with Gasteiger partial charge in [-0.2, -0.15) is 13.2 Å². The summed E-state index contributed by atoms with van der Waals surface area (Å²) < 4.78 is 42.3. The van der Waals surface area contributed by atoms with Crippen molar-refractivity contribution >= 4 is 33.2 Å². The van der Waals surface area contributed by atoms with Crippen LogP contribution in [-0.2, 0) is 4.79 Å². The maximum Gasteiger partial charge on any atom is 0.422 e. The minimum absolute atomic E-state index is 0.0316. The Morgan fingerprint density at radius 2 is 1.88 bits per heavy atom. The summed E-state index contributed by atoms with van der Waals surface area (Å²) in [5.41, 5.74) is 1.96. The Labute approximate surface area is 151 Å². The lowest BCUT2D eigenvalue weighted by atomic mass is 10.2. The highest BCUT2D eigenvalue weighted by molar-refractivity contribution is 9.10. The molecule has 0 radical (unpaired) electrons. The fraction of sp³-hybridized carbons (Fsp3) is 0.235. The van der Waals surface area contributed by atoms with Crippen LogP contribution in [0.1, 0.15) is 5.56 Å². The first-order chi connectivity index (χ1) is 11.7. The first kappa shape index (κ1) is 19.1. The smallest absolute Gasteiger partial charge is 0.422 e. The van der Waals surface area contributed by atoms with Gasteiger partial charge in [0.2, 0.25) is 5.91 Å². The van der Waals surface area contributed by atoms with Crippen LogP contribution in [0.25, 0.3) is 0 Å². The van der Waals surface area contributed by atoms with Crippen molar-refractivity contribution in [1.29, 1.82) is 0 Å². The number of carbonyl (C=O) groups is 1. The van der Waals surface area contributed by atoms with Gasteiger partial charge in [0.15, 0.2) is 6.61 Å². The zero-order valence-electron chi connectivity index (χ0n) is 13.3. The SMILES string of the molecule is Cc1ccc(NC(=O)CNc2ccccc2OCC(F)(F)F)c(Br)c1. The molecule has 2 aromatic rings. The van der Waals surface area contributed by atoms with Crippen molar-refractivity contribution in [1.82, 2.24) is 0 Å². The van der Waals surface area contributed by atoms with Crippen molar-refractivity contribution in [3.63, 3.8) is 0 Å². The molecule has 134 valence electrons. The molecule has 0 aliphatic carbocycles. The zero-order valence-corrected chi connectivity index (χ0v) is 14.9. The molecule has 0 spiro atoms. The van der Waals surface area contributed by atoms with E-state index in [-0.39, 0.29) is 18.2 Å². The predicted molar refractivity (Wildman–Crippen MR) is 94.0 cm³/mol. The van der Waals surface area contributed by atoms with Gasteiger partial charge in [-0.05, 0) is 52.7 Å². The number of rotatable bonds is 6. The van der Waals surface area contributed by atoms with E-state index >= 15 is 0 Å². The van der Waals surface area contributed by atoms with Gasteiger partial charge in [-0.1, -0.05) is 18.2 Å². The van der Waals surface area contributed by atoms with E-state index in [1.807, 2.05) is 19.1 Å². The highest BCUT2D eigenvalue weighted by Crippen LogP contribution is 2.26. The molecule has 0 bridgehead atoms. The van der Waals surface area contributed by atoms with Gasteiger partial charge in [0.05, 0.1) is 17.9 Å². The number of amides is 1. The first-order valence-corrected chi connectivity index (χ1v) is 8.12. The molecule has 0 unspecified atom stereocenters. The Kier molecular flexibility index (Phi) is 6.30. The number of carbonyl (C=O) groups excluding carboxylic acids is 1. The predicted octanol–water partition coefficient (Wildman–Crippen LogP) is 4.75.